The standard InChI is InChI=1S/C16H22N2OS/c1-4-9-16(12-17,10-5-2)15(19)18-13-7-6-8-14(11-13)20-3/h6-8,11H,4-5,9-10H2,1-3H3,(H,18,19). The highest BCUT2D eigenvalue weighted by Gasteiger charge is 2.36. The van der Waals surface area contributed by atoms with Gasteiger partial charge in [-0.1, -0.05) is 32.8 Å². The molecule has 0 spiro atoms. The second-order valence-corrected chi connectivity index (χ2v) is 5.76. The molecule has 108 valence electrons. The molecule has 0 aromatic heterocycles. The molecular weight excluding hydrogens is 268 g/mol. The van der Waals surface area contributed by atoms with Gasteiger partial charge in [0.15, 0.2) is 0 Å². The summed E-state index contributed by atoms with van der Waals surface area (Å²) >= 11 is 1.63. The fourth-order valence-corrected chi connectivity index (χ4v) is 2.78. The molecule has 0 fully saturated rings. The van der Waals surface area contributed by atoms with Gasteiger partial charge in [0.1, 0.15) is 5.41 Å². The molecule has 1 amide bonds. The minimum absolute atomic E-state index is 0.179. The van der Waals surface area contributed by atoms with Crippen LogP contribution in [0, 0.1) is 16.7 Å². The van der Waals surface area contributed by atoms with Crippen LogP contribution in [0.3, 0.4) is 0 Å². The minimum atomic E-state index is -0.904. The van der Waals surface area contributed by atoms with Crippen molar-refractivity contribution >= 4 is 23.4 Å². The van der Waals surface area contributed by atoms with E-state index in [9.17, 15) is 10.1 Å². The molecular formula is C16H22N2OS. The first kappa shape index (κ1) is 16.6. The van der Waals surface area contributed by atoms with Crippen LogP contribution in [0.25, 0.3) is 0 Å². The van der Waals surface area contributed by atoms with Crippen LogP contribution in [0.15, 0.2) is 29.2 Å². The Morgan fingerprint density at radius 1 is 1.35 bits per heavy atom. The van der Waals surface area contributed by atoms with Crippen molar-refractivity contribution in [1.29, 1.82) is 5.26 Å². The highest BCUT2D eigenvalue weighted by Crippen LogP contribution is 2.31. The quantitative estimate of drug-likeness (QED) is 0.754. The number of nitriles is 1. The van der Waals surface area contributed by atoms with Crippen LogP contribution in [-0.4, -0.2) is 12.2 Å². The van der Waals surface area contributed by atoms with Crippen LogP contribution in [-0.2, 0) is 4.79 Å². The molecule has 0 heterocycles. The molecule has 0 radical (unpaired) electrons. The van der Waals surface area contributed by atoms with E-state index in [1.165, 1.54) is 0 Å². The summed E-state index contributed by atoms with van der Waals surface area (Å²) in [5.41, 5.74) is -0.146. The molecule has 1 N–H and O–H groups in total. The number of carbonyl (C=O) groups excluding carboxylic acids is 1. The van der Waals surface area contributed by atoms with E-state index >= 15 is 0 Å². The summed E-state index contributed by atoms with van der Waals surface area (Å²) in [4.78, 5) is 13.6. The number of nitrogens with one attached hydrogen (secondary N) is 1. The molecule has 4 heteroatoms. The Bertz CT molecular complexity index is 487. The van der Waals surface area contributed by atoms with Gasteiger partial charge in [-0.3, -0.25) is 4.79 Å². The molecule has 3 nitrogen and oxygen atoms in total. The van der Waals surface area contributed by atoms with Gasteiger partial charge in [0.05, 0.1) is 6.07 Å². The second kappa shape index (κ2) is 7.96. The first-order chi connectivity index (χ1) is 9.61. The van der Waals surface area contributed by atoms with Gasteiger partial charge in [0.2, 0.25) is 5.91 Å². The number of anilines is 1. The molecule has 1 aromatic carbocycles. The Labute approximate surface area is 125 Å². The number of carbonyl (C=O) groups is 1. The van der Waals surface area contributed by atoms with E-state index in [0.717, 1.165) is 23.4 Å². The van der Waals surface area contributed by atoms with Gasteiger partial charge < -0.3 is 5.32 Å². The van der Waals surface area contributed by atoms with Crippen LogP contribution in [0.2, 0.25) is 0 Å². The van der Waals surface area contributed by atoms with E-state index in [-0.39, 0.29) is 5.91 Å². The Morgan fingerprint density at radius 3 is 2.50 bits per heavy atom. The number of hydrogen-bond acceptors (Lipinski definition) is 3. The van der Waals surface area contributed by atoms with Gasteiger partial charge in [0.25, 0.3) is 0 Å². The third-order valence-corrected chi connectivity index (χ3v) is 4.06. The number of amides is 1. The monoisotopic (exact) mass is 290 g/mol. The third kappa shape index (κ3) is 4.01. The SMILES string of the molecule is CCCC(C#N)(CCC)C(=O)Nc1cccc(SC)c1. The predicted octanol–water partition coefficient (Wildman–Crippen LogP) is 4.46. The Hall–Kier alpha value is -1.47. The van der Waals surface area contributed by atoms with E-state index in [1.807, 2.05) is 44.4 Å². The lowest BCUT2D eigenvalue weighted by Crippen LogP contribution is -2.35. The number of benzene rings is 1. The molecule has 20 heavy (non-hydrogen) atoms. The summed E-state index contributed by atoms with van der Waals surface area (Å²) in [6.45, 7) is 4.01. The molecule has 1 rings (SSSR count). The molecule has 0 atom stereocenters. The van der Waals surface area contributed by atoms with Crippen molar-refractivity contribution in [3.8, 4) is 6.07 Å². The molecule has 0 unspecified atom stereocenters. The van der Waals surface area contributed by atoms with Crippen LogP contribution in [0.5, 0.6) is 0 Å². The molecule has 0 aliphatic carbocycles. The first-order valence-electron chi connectivity index (χ1n) is 6.98. The van der Waals surface area contributed by atoms with Crippen molar-refractivity contribution in [1.82, 2.24) is 0 Å². The number of rotatable bonds is 7. The van der Waals surface area contributed by atoms with Crippen molar-refractivity contribution in [2.75, 3.05) is 11.6 Å². The van der Waals surface area contributed by atoms with Crippen molar-refractivity contribution in [3.63, 3.8) is 0 Å². The maximum absolute atomic E-state index is 12.5. The van der Waals surface area contributed by atoms with Gasteiger partial charge in [0, 0.05) is 10.6 Å². The number of hydrogen-bond donors (Lipinski definition) is 1. The molecule has 0 aliphatic heterocycles. The average Bonchev–Trinajstić information content (AvgIpc) is 2.47. The summed E-state index contributed by atoms with van der Waals surface area (Å²) < 4.78 is 0. The van der Waals surface area contributed by atoms with E-state index in [1.54, 1.807) is 11.8 Å². The zero-order chi connectivity index (χ0) is 15.0. The highest BCUT2D eigenvalue weighted by molar-refractivity contribution is 7.98. The van der Waals surface area contributed by atoms with Crippen molar-refractivity contribution in [2.24, 2.45) is 5.41 Å². The van der Waals surface area contributed by atoms with E-state index in [2.05, 4.69) is 11.4 Å². The first-order valence-corrected chi connectivity index (χ1v) is 8.21. The van der Waals surface area contributed by atoms with E-state index in [0.29, 0.717) is 12.8 Å². The van der Waals surface area contributed by atoms with Crippen molar-refractivity contribution < 1.29 is 4.79 Å². The summed E-state index contributed by atoms with van der Waals surface area (Å²) in [7, 11) is 0. The Morgan fingerprint density at radius 2 is 2.00 bits per heavy atom. The lowest BCUT2D eigenvalue weighted by Gasteiger charge is -2.24. The van der Waals surface area contributed by atoms with Gasteiger partial charge >= 0.3 is 0 Å². The smallest absolute Gasteiger partial charge is 0.244 e. The predicted molar refractivity (Wildman–Crippen MR) is 84.7 cm³/mol. The average molecular weight is 290 g/mol. The van der Waals surface area contributed by atoms with Crippen molar-refractivity contribution in [3.05, 3.63) is 24.3 Å². The normalized spacial score (nSPS) is 10.9. The summed E-state index contributed by atoms with van der Waals surface area (Å²) in [6.07, 6.45) is 4.85. The number of nitrogens with zero attached hydrogens (tertiary/aromatic N) is 1. The third-order valence-electron chi connectivity index (χ3n) is 3.33. The Kier molecular flexibility index (Phi) is 6.60. The van der Waals surface area contributed by atoms with Gasteiger partial charge in [-0.2, -0.15) is 5.26 Å². The lowest BCUT2D eigenvalue weighted by atomic mass is 9.79. The minimum Gasteiger partial charge on any atom is -0.325 e. The highest BCUT2D eigenvalue weighted by atomic mass is 32.2. The fraction of sp³-hybridized carbons (Fsp3) is 0.500. The fourth-order valence-electron chi connectivity index (χ4n) is 2.32. The Balaban J connectivity index is 2.93. The maximum atomic E-state index is 12.5. The zero-order valence-corrected chi connectivity index (χ0v) is 13.2. The van der Waals surface area contributed by atoms with Gasteiger partial charge in [-0.05, 0) is 37.3 Å². The lowest BCUT2D eigenvalue weighted by molar-refractivity contribution is -0.123. The molecule has 1 aromatic rings. The maximum Gasteiger partial charge on any atom is 0.244 e. The zero-order valence-electron chi connectivity index (χ0n) is 12.4. The number of thioether (sulfide) groups is 1. The van der Waals surface area contributed by atoms with E-state index in [4.69, 9.17) is 0 Å². The molecule has 0 saturated heterocycles. The molecule has 0 saturated carbocycles. The van der Waals surface area contributed by atoms with Gasteiger partial charge in [-0.15, -0.1) is 11.8 Å². The van der Waals surface area contributed by atoms with Crippen LogP contribution in [0.4, 0.5) is 5.69 Å². The second-order valence-electron chi connectivity index (χ2n) is 4.88. The largest absolute Gasteiger partial charge is 0.325 e. The van der Waals surface area contributed by atoms with Gasteiger partial charge in [-0.25, -0.2) is 0 Å². The summed E-state index contributed by atoms with van der Waals surface area (Å²) in [6, 6.07) is 9.95. The molecule has 0 bridgehead atoms. The topological polar surface area (TPSA) is 52.9 Å². The van der Waals surface area contributed by atoms with Crippen molar-refractivity contribution in [2.45, 2.75) is 44.4 Å². The van der Waals surface area contributed by atoms with Crippen LogP contribution >= 0.6 is 11.8 Å². The van der Waals surface area contributed by atoms with Crippen LogP contribution < -0.4 is 5.32 Å². The summed E-state index contributed by atoms with van der Waals surface area (Å²) in [5.74, 6) is -0.179. The summed E-state index contributed by atoms with van der Waals surface area (Å²) in [5, 5.41) is 12.4. The van der Waals surface area contributed by atoms with E-state index < -0.39 is 5.41 Å². The molecule has 0 aliphatic rings. The van der Waals surface area contributed by atoms with Crippen LogP contribution in [0.1, 0.15) is 39.5 Å².